The number of hydrogen-bond acceptors (Lipinski definition) is 7. The monoisotopic (exact) mass is 459 g/mol. The first-order valence-corrected chi connectivity index (χ1v) is 10.2. The lowest BCUT2D eigenvalue weighted by molar-refractivity contribution is -0.114. The topological polar surface area (TPSA) is 91.2 Å². The highest BCUT2D eigenvalue weighted by atomic mass is 35.5. The van der Waals surface area contributed by atoms with Gasteiger partial charge < -0.3 is 14.8 Å². The lowest BCUT2D eigenvalue weighted by atomic mass is 9.93. The number of nitrogens with zero attached hydrogens (tertiary/aromatic N) is 4. The van der Waals surface area contributed by atoms with Crippen molar-refractivity contribution in [1.82, 2.24) is 20.2 Å². The van der Waals surface area contributed by atoms with E-state index in [4.69, 9.17) is 32.7 Å². The molecule has 0 spiro atoms. The van der Waals surface area contributed by atoms with Crippen LogP contribution in [0.1, 0.15) is 31.0 Å². The van der Waals surface area contributed by atoms with E-state index >= 15 is 0 Å². The Hall–Kier alpha value is -3.10. The minimum absolute atomic E-state index is 0.0761. The van der Waals surface area contributed by atoms with Crippen LogP contribution < -0.4 is 14.8 Å². The molecule has 1 unspecified atom stereocenters. The van der Waals surface area contributed by atoms with E-state index in [9.17, 15) is 4.79 Å². The normalized spacial score (nSPS) is 15.3. The molecule has 0 fully saturated rings. The Morgan fingerprint density at radius 2 is 2.00 bits per heavy atom. The van der Waals surface area contributed by atoms with Crippen LogP contribution in [0.15, 0.2) is 47.7 Å². The number of fused-ring (bicyclic) bond motifs is 1. The number of aromatic nitrogens is 4. The summed E-state index contributed by atoms with van der Waals surface area (Å²) in [6.45, 7) is 3.59. The van der Waals surface area contributed by atoms with Gasteiger partial charge in [0.05, 0.1) is 7.11 Å². The van der Waals surface area contributed by atoms with Crippen molar-refractivity contribution in [3.8, 4) is 11.5 Å². The summed E-state index contributed by atoms with van der Waals surface area (Å²) in [5.41, 5.74) is 2.86. The minimum atomic E-state index is -0.489. The SMILES string of the molecule is COc1cc(C2C(C(C)=O)=C(C)Nc3nnnn32)ccc1OCc1ccc(Cl)cc1Cl. The van der Waals surface area contributed by atoms with Gasteiger partial charge in [0.2, 0.25) is 5.95 Å². The minimum Gasteiger partial charge on any atom is -0.493 e. The van der Waals surface area contributed by atoms with Crippen LogP contribution in [0.2, 0.25) is 10.0 Å². The van der Waals surface area contributed by atoms with Gasteiger partial charge >= 0.3 is 0 Å². The number of rotatable bonds is 6. The summed E-state index contributed by atoms with van der Waals surface area (Å²) in [6.07, 6.45) is 0. The van der Waals surface area contributed by atoms with Crippen LogP contribution in [0.4, 0.5) is 5.95 Å². The standard InChI is InChI=1S/C21H19Cl2N5O3/c1-11-19(12(2)29)20(28-21(24-11)25-26-27-28)13-5-7-17(18(8-13)30-3)31-10-14-4-6-15(22)9-16(14)23/h4-9,20H,10H2,1-3H3,(H,24,25,27). The van der Waals surface area contributed by atoms with E-state index in [-0.39, 0.29) is 12.4 Å². The maximum absolute atomic E-state index is 12.4. The maximum Gasteiger partial charge on any atom is 0.248 e. The van der Waals surface area contributed by atoms with Gasteiger partial charge in [0.25, 0.3) is 0 Å². The number of tetrazole rings is 1. The summed E-state index contributed by atoms with van der Waals surface area (Å²) in [5.74, 6) is 1.43. The average Bonchev–Trinajstić information content (AvgIpc) is 3.19. The Balaban J connectivity index is 1.67. The summed E-state index contributed by atoms with van der Waals surface area (Å²) >= 11 is 12.2. The third-order valence-corrected chi connectivity index (χ3v) is 5.58. The molecule has 1 aliphatic heterocycles. The molecular weight excluding hydrogens is 441 g/mol. The van der Waals surface area contributed by atoms with Crippen LogP contribution in [0.3, 0.4) is 0 Å². The molecule has 0 saturated carbocycles. The lowest BCUT2D eigenvalue weighted by Gasteiger charge is -2.27. The maximum atomic E-state index is 12.4. The van der Waals surface area contributed by atoms with Gasteiger partial charge in [0.1, 0.15) is 12.6 Å². The number of carbonyl (C=O) groups excluding carboxylic acids is 1. The number of nitrogens with one attached hydrogen (secondary N) is 1. The molecule has 31 heavy (non-hydrogen) atoms. The Bertz CT molecular complexity index is 1190. The number of Topliss-reactive ketones (excluding diaryl/α,β-unsaturated/α-hetero) is 1. The predicted octanol–water partition coefficient (Wildman–Crippen LogP) is 4.45. The van der Waals surface area contributed by atoms with E-state index in [0.717, 1.165) is 11.1 Å². The Kier molecular flexibility index (Phi) is 5.84. The molecule has 0 saturated heterocycles. The van der Waals surface area contributed by atoms with E-state index in [1.54, 1.807) is 30.0 Å². The Morgan fingerprint density at radius 3 is 2.71 bits per heavy atom. The Morgan fingerprint density at radius 1 is 1.19 bits per heavy atom. The van der Waals surface area contributed by atoms with Gasteiger partial charge in [-0.3, -0.25) is 4.79 Å². The first-order chi connectivity index (χ1) is 14.9. The molecule has 0 radical (unpaired) electrons. The molecule has 4 rings (SSSR count). The molecule has 0 amide bonds. The van der Waals surface area contributed by atoms with Crippen molar-refractivity contribution in [3.05, 3.63) is 68.8 Å². The molecule has 0 bridgehead atoms. The number of anilines is 1. The van der Waals surface area contributed by atoms with Gasteiger partial charge in [-0.05, 0) is 54.1 Å². The van der Waals surface area contributed by atoms with Crippen LogP contribution in [0.5, 0.6) is 11.5 Å². The van der Waals surface area contributed by atoms with E-state index in [2.05, 4.69) is 20.8 Å². The number of ether oxygens (including phenoxy) is 2. The zero-order valence-electron chi connectivity index (χ0n) is 17.0. The number of hydrogen-bond donors (Lipinski definition) is 1. The first-order valence-electron chi connectivity index (χ1n) is 9.40. The summed E-state index contributed by atoms with van der Waals surface area (Å²) in [7, 11) is 1.55. The van der Waals surface area contributed by atoms with E-state index < -0.39 is 6.04 Å². The van der Waals surface area contributed by atoms with Crippen LogP contribution in [0, 0.1) is 0 Å². The molecule has 1 atom stereocenters. The van der Waals surface area contributed by atoms with Gasteiger partial charge in [0, 0.05) is 26.9 Å². The summed E-state index contributed by atoms with van der Waals surface area (Å²) in [4.78, 5) is 12.4. The van der Waals surface area contributed by atoms with Crippen molar-refractivity contribution in [2.45, 2.75) is 26.5 Å². The number of ketones is 1. The zero-order chi connectivity index (χ0) is 22.1. The van der Waals surface area contributed by atoms with Crippen LogP contribution in [0.25, 0.3) is 0 Å². The van der Waals surface area contributed by atoms with Crippen LogP contribution in [-0.2, 0) is 11.4 Å². The highest BCUT2D eigenvalue weighted by molar-refractivity contribution is 6.35. The highest BCUT2D eigenvalue weighted by Crippen LogP contribution is 2.38. The second-order valence-corrected chi connectivity index (χ2v) is 7.85. The fraction of sp³-hybridized carbons (Fsp3) is 0.238. The Labute approximate surface area is 188 Å². The van der Waals surface area contributed by atoms with Crippen molar-refractivity contribution in [3.63, 3.8) is 0 Å². The number of allylic oxidation sites excluding steroid dienone is 2. The van der Waals surface area contributed by atoms with Crippen LogP contribution in [-0.4, -0.2) is 33.1 Å². The van der Waals surface area contributed by atoms with E-state index in [1.165, 1.54) is 6.92 Å². The van der Waals surface area contributed by atoms with Gasteiger partial charge in [-0.1, -0.05) is 40.4 Å². The number of benzene rings is 2. The number of halogens is 2. The fourth-order valence-corrected chi connectivity index (χ4v) is 4.01. The van der Waals surface area contributed by atoms with E-state index in [0.29, 0.717) is 38.8 Å². The summed E-state index contributed by atoms with van der Waals surface area (Å²) in [5, 5.41) is 15.9. The van der Waals surface area contributed by atoms with E-state index in [1.807, 2.05) is 25.1 Å². The lowest BCUT2D eigenvalue weighted by Crippen LogP contribution is -2.27. The van der Waals surface area contributed by atoms with Crippen molar-refractivity contribution in [2.75, 3.05) is 12.4 Å². The fourth-order valence-electron chi connectivity index (χ4n) is 3.54. The summed E-state index contributed by atoms with van der Waals surface area (Å²) in [6, 6.07) is 10.2. The van der Waals surface area contributed by atoms with Gasteiger partial charge in [0.15, 0.2) is 17.3 Å². The molecule has 1 aliphatic rings. The summed E-state index contributed by atoms with van der Waals surface area (Å²) < 4.78 is 13.1. The number of methoxy groups -OCH3 is 1. The first kappa shape index (κ1) is 21.1. The van der Waals surface area contributed by atoms with Crippen molar-refractivity contribution in [1.29, 1.82) is 0 Å². The zero-order valence-corrected chi connectivity index (χ0v) is 18.5. The number of carbonyl (C=O) groups is 1. The molecule has 10 heteroatoms. The second-order valence-electron chi connectivity index (χ2n) is 7.00. The van der Waals surface area contributed by atoms with Crippen molar-refractivity contribution < 1.29 is 14.3 Å². The molecule has 1 N–H and O–H groups in total. The molecule has 3 aromatic rings. The molecule has 2 heterocycles. The largest absolute Gasteiger partial charge is 0.493 e. The molecule has 160 valence electrons. The third-order valence-electron chi connectivity index (χ3n) is 5.00. The quantitative estimate of drug-likeness (QED) is 0.581. The van der Waals surface area contributed by atoms with Gasteiger partial charge in [-0.15, -0.1) is 0 Å². The second kappa shape index (κ2) is 8.56. The van der Waals surface area contributed by atoms with Crippen molar-refractivity contribution >= 4 is 34.9 Å². The average molecular weight is 460 g/mol. The van der Waals surface area contributed by atoms with Crippen LogP contribution >= 0.6 is 23.2 Å². The molecule has 1 aromatic heterocycles. The van der Waals surface area contributed by atoms with Crippen molar-refractivity contribution in [2.24, 2.45) is 0 Å². The van der Waals surface area contributed by atoms with Gasteiger partial charge in [-0.2, -0.15) is 4.68 Å². The molecule has 0 aliphatic carbocycles. The molecule has 8 nitrogen and oxygen atoms in total. The predicted molar refractivity (Wildman–Crippen MR) is 117 cm³/mol. The smallest absolute Gasteiger partial charge is 0.248 e. The molecule has 2 aromatic carbocycles. The highest BCUT2D eigenvalue weighted by Gasteiger charge is 2.32. The third kappa shape index (κ3) is 4.08. The molecular formula is C21H19Cl2N5O3. The van der Waals surface area contributed by atoms with Gasteiger partial charge in [-0.25, -0.2) is 0 Å².